The first-order chi connectivity index (χ1) is 8.47. The average molecular weight is 248 g/mol. The number of rotatable bonds is 3. The molecule has 18 heavy (non-hydrogen) atoms. The van der Waals surface area contributed by atoms with Crippen molar-refractivity contribution in [3.8, 4) is 0 Å². The number of aromatic carboxylic acids is 1. The number of carboxylic acids is 1. The maximum absolute atomic E-state index is 13.2. The molecule has 0 amide bonds. The van der Waals surface area contributed by atoms with E-state index >= 15 is 0 Å². The summed E-state index contributed by atoms with van der Waals surface area (Å²) >= 11 is 0. The molecule has 2 rings (SSSR count). The highest BCUT2D eigenvalue weighted by atomic mass is 19.1. The molecule has 0 atom stereocenters. The predicted molar refractivity (Wildman–Crippen MR) is 65.0 cm³/mol. The van der Waals surface area contributed by atoms with Gasteiger partial charge >= 0.3 is 5.97 Å². The Morgan fingerprint density at radius 1 is 1.39 bits per heavy atom. The molecular weight excluding hydrogens is 235 g/mol. The fourth-order valence-electron chi connectivity index (χ4n) is 1.80. The first-order valence-electron chi connectivity index (χ1n) is 5.67. The van der Waals surface area contributed by atoms with Crippen LogP contribution in [0, 0.1) is 11.7 Å². The molecule has 1 N–H and O–H groups in total. The largest absolute Gasteiger partial charge is 0.475 e. The number of halogens is 1. The fraction of sp³-hybridized carbons (Fsp3) is 0.308. The van der Waals surface area contributed by atoms with Crippen LogP contribution in [0.4, 0.5) is 4.39 Å². The maximum atomic E-state index is 13.2. The van der Waals surface area contributed by atoms with Gasteiger partial charge in [-0.15, -0.1) is 0 Å². The van der Waals surface area contributed by atoms with Gasteiger partial charge < -0.3 is 5.11 Å². The first kappa shape index (κ1) is 12.4. The molecular formula is C13H13FN2O2. The highest BCUT2D eigenvalue weighted by Gasteiger charge is 2.14. The summed E-state index contributed by atoms with van der Waals surface area (Å²) in [5, 5.41) is 9.54. The van der Waals surface area contributed by atoms with Crippen LogP contribution in [-0.4, -0.2) is 21.0 Å². The Kier molecular flexibility index (Phi) is 3.23. The molecule has 0 fully saturated rings. The molecule has 0 radical (unpaired) electrons. The van der Waals surface area contributed by atoms with E-state index in [1.165, 1.54) is 18.2 Å². The molecule has 0 spiro atoms. The number of benzene rings is 1. The van der Waals surface area contributed by atoms with E-state index in [9.17, 15) is 9.18 Å². The van der Waals surface area contributed by atoms with Crippen LogP contribution in [0.25, 0.3) is 10.9 Å². The van der Waals surface area contributed by atoms with E-state index in [-0.39, 0.29) is 11.6 Å². The summed E-state index contributed by atoms with van der Waals surface area (Å²) in [6, 6.07) is 4.08. The van der Waals surface area contributed by atoms with Gasteiger partial charge in [-0.25, -0.2) is 19.2 Å². The van der Waals surface area contributed by atoms with Crippen LogP contribution in [0.5, 0.6) is 0 Å². The van der Waals surface area contributed by atoms with Gasteiger partial charge in [-0.05, 0) is 30.5 Å². The highest BCUT2D eigenvalue weighted by Crippen LogP contribution is 2.20. The lowest BCUT2D eigenvalue weighted by atomic mass is 10.0. The Balaban J connectivity index is 2.68. The molecule has 0 bridgehead atoms. The van der Waals surface area contributed by atoms with E-state index in [1.807, 2.05) is 13.8 Å². The second kappa shape index (κ2) is 4.68. The number of aromatic nitrogens is 2. The summed E-state index contributed by atoms with van der Waals surface area (Å²) in [4.78, 5) is 18.9. The predicted octanol–water partition coefficient (Wildman–Crippen LogP) is 2.67. The zero-order valence-electron chi connectivity index (χ0n) is 10.1. The van der Waals surface area contributed by atoms with E-state index in [0.29, 0.717) is 28.9 Å². The normalized spacial score (nSPS) is 11.1. The Labute approximate surface area is 103 Å². The molecule has 0 aliphatic heterocycles. The molecule has 1 aromatic carbocycles. The summed E-state index contributed by atoms with van der Waals surface area (Å²) < 4.78 is 13.2. The van der Waals surface area contributed by atoms with Gasteiger partial charge in [-0.3, -0.25) is 0 Å². The first-order valence-corrected chi connectivity index (χ1v) is 5.67. The van der Waals surface area contributed by atoms with Crippen molar-refractivity contribution in [1.29, 1.82) is 0 Å². The van der Waals surface area contributed by atoms with Crippen molar-refractivity contribution in [1.82, 2.24) is 9.97 Å². The fourth-order valence-corrected chi connectivity index (χ4v) is 1.80. The number of hydrogen-bond acceptors (Lipinski definition) is 3. The van der Waals surface area contributed by atoms with Crippen molar-refractivity contribution in [2.45, 2.75) is 20.3 Å². The van der Waals surface area contributed by atoms with E-state index < -0.39 is 5.97 Å². The Morgan fingerprint density at radius 2 is 2.11 bits per heavy atom. The van der Waals surface area contributed by atoms with E-state index in [2.05, 4.69) is 9.97 Å². The van der Waals surface area contributed by atoms with E-state index in [4.69, 9.17) is 5.11 Å². The molecule has 2 aromatic rings. The number of fused-ring (bicyclic) bond motifs is 1. The van der Waals surface area contributed by atoms with Gasteiger partial charge in [0.1, 0.15) is 5.82 Å². The average Bonchev–Trinajstić information content (AvgIpc) is 2.28. The van der Waals surface area contributed by atoms with Crippen molar-refractivity contribution in [2.24, 2.45) is 5.92 Å². The van der Waals surface area contributed by atoms with Crippen molar-refractivity contribution < 1.29 is 14.3 Å². The second-order valence-corrected chi connectivity index (χ2v) is 4.56. The van der Waals surface area contributed by atoms with Crippen LogP contribution < -0.4 is 0 Å². The standard InChI is InChI=1S/C13H13FN2O2/c1-7(2)5-11-9-6-8(14)3-4-10(9)15-12(16-11)13(17)18/h3-4,6-7H,5H2,1-2H3,(H,17,18). The lowest BCUT2D eigenvalue weighted by Crippen LogP contribution is -2.09. The summed E-state index contributed by atoms with van der Waals surface area (Å²) in [5.74, 6) is -1.50. The van der Waals surface area contributed by atoms with Crippen LogP contribution in [0.1, 0.15) is 30.2 Å². The zero-order valence-corrected chi connectivity index (χ0v) is 10.1. The van der Waals surface area contributed by atoms with Crippen LogP contribution in [0.3, 0.4) is 0 Å². The molecule has 0 saturated carbocycles. The number of carbonyl (C=O) groups is 1. The molecule has 0 aliphatic rings. The van der Waals surface area contributed by atoms with Gasteiger partial charge in [0, 0.05) is 5.39 Å². The van der Waals surface area contributed by atoms with E-state index in [0.717, 1.165) is 0 Å². The minimum atomic E-state index is -1.17. The van der Waals surface area contributed by atoms with Crippen molar-refractivity contribution >= 4 is 16.9 Å². The zero-order chi connectivity index (χ0) is 13.3. The maximum Gasteiger partial charge on any atom is 0.373 e. The molecule has 1 aromatic heterocycles. The molecule has 94 valence electrons. The summed E-state index contributed by atoms with van der Waals surface area (Å²) in [7, 11) is 0. The van der Waals surface area contributed by atoms with Gasteiger partial charge in [0.05, 0.1) is 11.2 Å². The van der Waals surface area contributed by atoms with Crippen LogP contribution >= 0.6 is 0 Å². The lowest BCUT2D eigenvalue weighted by Gasteiger charge is -2.09. The third kappa shape index (κ3) is 2.45. The summed E-state index contributed by atoms with van der Waals surface area (Å²) in [6.45, 7) is 3.99. The molecule has 0 aliphatic carbocycles. The lowest BCUT2D eigenvalue weighted by molar-refractivity contribution is 0.0683. The molecule has 1 heterocycles. The number of nitrogens with zero attached hydrogens (tertiary/aromatic N) is 2. The minimum Gasteiger partial charge on any atom is -0.475 e. The number of carboxylic acid groups (broad SMARTS) is 1. The van der Waals surface area contributed by atoms with Crippen LogP contribution in [-0.2, 0) is 6.42 Å². The molecule has 4 nitrogen and oxygen atoms in total. The molecule has 0 saturated heterocycles. The van der Waals surface area contributed by atoms with Gasteiger partial charge in [-0.1, -0.05) is 13.8 Å². The Hall–Kier alpha value is -2.04. The SMILES string of the molecule is CC(C)Cc1nc(C(=O)O)nc2ccc(F)cc12. The third-order valence-electron chi connectivity index (χ3n) is 2.53. The Bertz CT molecular complexity index is 611. The van der Waals surface area contributed by atoms with Crippen LogP contribution in [0.2, 0.25) is 0 Å². The quantitative estimate of drug-likeness (QED) is 0.907. The third-order valence-corrected chi connectivity index (χ3v) is 2.53. The van der Waals surface area contributed by atoms with Crippen molar-refractivity contribution in [3.63, 3.8) is 0 Å². The Morgan fingerprint density at radius 3 is 2.72 bits per heavy atom. The topological polar surface area (TPSA) is 63.1 Å². The molecule has 0 unspecified atom stereocenters. The van der Waals surface area contributed by atoms with Crippen LogP contribution in [0.15, 0.2) is 18.2 Å². The van der Waals surface area contributed by atoms with Gasteiger partial charge in [-0.2, -0.15) is 0 Å². The molecule has 5 heteroatoms. The van der Waals surface area contributed by atoms with Gasteiger partial charge in [0.2, 0.25) is 5.82 Å². The van der Waals surface area contributed by atoms with Gasteiger partial charge in [0.15, 0.2) is 0 Å². The van der Waals surface area contributed by atoms with Gasteiger partial charge in [0.25, 0.3) is 0 Å². The minimum absolute atomic E-state index is 0.246. The summed E-state index contributed by atoms with van der Waals surface area (Å²) in [6.07, 6.45) is 0.586. The number of hydrogen-bond donors (Lipinski definition) is 1. The highest BCUT2D eigenvalue weighted by molar-refractivity contribution is 5.88. The van der Waals surface area contributed by atoms with Crippen molar-refractivity contribution in [3.05, 3.63) is 35.5 Å². The van der Waals surface area contributed by atoms with E-state index in [1.54, 1.807) is 0 Å². The summed E-state index contributed by atoms with van der Waals surface area (Å²) in [5.41, 5.74) is 1.03. The second-order valence-electron chi connectivity index (χ2n) is 4.56. The smallest absolute Gasteiger partial charge is 0.373 e. The monoisotopic (exact) mass is 248 g/mol. The van der Waals surface area contributed by atoms with Crippen molar-refractivity contribution in [2.75, 3.05) is 0 Å².